The van der Waals surface area contributed by atoms with Gasteiger partial charge in [0.15, 0.2) is 0 Å². The van der Waals surface area contributed by atoms with Crippen molar-refractivity contribution in [3.63, 3.8) is 0 Å². The number of halogens is 5. The second-order valence-electron chi connectivity index (χ2n) is 2.63. The fraction of sp³-hybridized carbons (Fsp3) is 1.00. The van der Waals surface area contributed by atoms with Gasteiger partial charge in [0.2, 0.25) is 0 Å². The minimum absolute atomic E-state index is 0.528. The zero-order valence-electron chi connectivity index (χ0n) is 7.78. The molecule has 0 aromatic heterocycles. The molecule has 0 amide bonds. The quantitative estimate of drug-likeness (QED) is 0.603. The van der Waals surface area contributed by atoms with Gasteiger partial charge in [-0.2, -0.15) is 0 Å². The molecular weight excluding hydrogens is 373 g/mol. The van der Waals surface area contributed by atoms with E-state index in [0.717, 1.165) is 0 Å². The molecule has 0 radical (unpaired) electrons. The van der Waals surface area contributed by atoms with E-state index in [1.54, 1.807) is 0 Å². The molecule has 2 unspecified atom stereocenters. The molecular formula is C6H12Cl5O2Zr. The Labute approximate surface area is 107 Å². The second-order valence-corrected chi connectivity index (χ2v) is 24.1. The first-order valence-corrected chi connectivity index (χ1v) is 16.5. The van der Waals surface area contributed by atoms with Crippen molar-refractivity contribution in [1.82, 2.24) is 0 Å². The van der Waals surface area contributed by atoms with Crippen molar-refractivity contribution in [2.75, 3.05) is 0 Å². The second kappa shape index (κ2) is 6.26. The van der Waals surface area contributed by atoms with E-state index >= 15 is 0 Å². The third kappa shape index (κ3) is 7.51. The first-order valence-electron chi connectivity index (χ1n) is 4.11. The van der Waals surface area contributed by atoms with Crippen molar-refractivity contribution in [3.8, 4) is 0 Å². The maximum absolute atomic E-state index is 5.87. The predicted molar refractivity (Wildman–Crippen MR) is 59.6 cm³/mol. The summed E-state index contributed by atoms with van der Waals surface area (Å²) in [7, 11) is 17.6. The molecule has 0 rings (SSSR count). The third-order valence-corrected chi connectivity index (χ3v) is 9.14. The van der Waals surface area contributed by atoms with Crippen molar-refractivity contribution in [2.24, 2.45) is 0 Å². The Balaban J connectivity index is 4.35. The monoisotopic (exact) mass is 381 g/mol. The molecule has 0 aliphatic carbocycles. The summed E-state index contributed by atoms with van der Waals surface area (Å²) >= 11 is 6.37. The van der Waals surface area contributed by atoms with Crippen LogP contribution in [0.4, 0.5) is 0 Å². The Hall–Kier alpha value is 2.25. The average Bonchev–Trinajstić information content (AvgIpc) is 2.01. The molecule has 2 nitrogen and oxygen atoms in total. The van der Waals surface area contributed by atoms with E-state index < -0.39 is 27.2 Å². The summed E-state index contributed by atoms with van der Waals surface area (Å²) in [5, 5.41) is 0. The van der Waals surface area contributed by atoms with E-state index in [4.69, 9.17) is 54.4 Å². The van der Waals surface area contributed by atoms with Gasteiger partial charge >= 0.3 is 108 Å². The summed E-state index contributed by atoms with van der Waals surface area (Å²) in [5.74, 6) is 0. The Morgan fingerprint density at radius 3 is 1.43 bits per heavy atom. The molecule has 0 saturated heterocycles. The van der Waals surface area contributed by atoms with E-state index in [1.165, 1.54) is 0 Å². The fourth-order valence-electron chi connectivity index (χ4n) is 0.589. The zero-order chi connectivity index (χ0) is 11.4. The van der Waals surface area contributed by atoms with Crippen LogP contribution in [0, 0.1) is 0 Å². The van der Waals surface area contributed by atoms with Gasteiger partial charge < -0.3 is 0 Å². The molecule has 0 fully saturated rings. The third-order valence-electron chi connectivity index (χ3n) is 1.26. The normalized spacial score (nSPS) is 19.8. The molecule has 0 bridgehead atoms. The van der Waals surface area contributed by atoms with Crippen LogP contribution >= 0.6 is 48.7 Å². The number of alkyl halides is 2. The van der Waals surface area contributed by atoms with Crippen molar-refractivity contribution in [1.29, 1.82) is 0 Å². The van der Waals surface area contributed by atoms with Crippen molar-refractivity contribution in [2.45, 2.75) is 37.8 Å². The number of hydrogen-bond donors (Lipinski definition) is 0. The van der Waals surface area contributed by atoms with Gasteiger partial charge in [0.1, 0.15) is 0 Å². The van der Waals surface area contributed by atoms with Crippen LogP contribution in [0.1, 0.15) is 26.7 Å². The van der Waals surface area contributed by atoms with E-state index in [9.17, 15) is 0 Å². The topological polar surface area (TPSA) is 18.5 Å². The Bertz CT molecular complexity index is 167. The van der Waals surface area contributed by atoms with Crippen LogP contribution in [0.3, 0.4) is 0 Å². The van der Waals surface area contributed by atoms with Crippen LogP contribution in [0.15, 0.2) is 0 Å². The molecule has 0 heterocycles. The van der Waals surface area contributed by atoms with Crippen LogP contribution in [0.25, 0.3) is 0 Å². The van der Waals surface area contributed by atoms with Crippen molar-refractivity contribution < 1.29 is 21.7 Å². The first-order chi connectivity index (χ1) is 6.18. The predicted octanol–water partition coefficient (Wildman–Crippen LogP) is 4.95. The fourth-order valence-corrected chi connectivity index (χ4v) is 10.9. The molecule has 0 spiro atoms. The van der Waals surface area contributed by atoms with Crippen LogP contribution in [0.2, 0.25) is 0 Å². The minimum atomic E-state index is -5.07. The van der Waals surface area contributed by atoms with Crippen LogP contribution in [-0.2, 0) is 21.7 Å². The molecule has 87 valence electrons. The molecule has 0 N–H and O–H groups in total. The van der Waals surface area contributed by atoms with Crippen molar-refractivity contribution >= 4 is 48.7 Å². The van der Waals surface area contributed by atoms with E-state index in [2.05, 4.69) is 0 Å². The van der Waals surface area contributed by atoms with Crippen molar-refractivity contribution in [3.05, 3.63) is 0 Å². The molecule has 0 aliphatic rings. The first kappa shape index (κ1) is 16.3. The summed E-state index contributed by atoms with van der Waals surface area (Å²) in [6.07, 6.45) is 1.06. The average molecular weight is 385 g/mol. The standard InChI is InChI=1S/2C3H6ClO.3ClH.Zr/c2*1-2-3(4)5;;;;/h2*3H,2H2,1H3;3*1H;/q2*-1;;;;+5/p-3. The molecule has 8 heteroatoms. The van der Waals surface area contributed by atoms with E-state index in [0.29, 0.717) is 12.8 Å². The molecule has 0 aromatic carbocycles. The summed E-state index contributed by atoms with van der Waals surface area (Å²) in [6, 6.07) is 0. The van der Waals surface area contributed by atoms with Gasteiger partial charge in [0, 0.05) is 0 Å². The van der Waals surface area contributed by atoms with E-state index in [-0.39, 0.29) is 0 Å². The van der Waals surface area contributed by atoms with Crippen LogP contribution in [-0.4, -0.2) is 11.1 Å². The molecule has 14 heavy (non-hydrogen) atoms. The van der Waals surface area contributed by atoms with Gasteiger partial charge in [-0.3, -0.25) is 0 Å². The summed E-state index contributed by atoms with van der Waals surface area (Å²) in [6.45, 7) is 3.62. The van der Waals surface area contributed by atoms with Gasteiger partial charge in [-0.15, -0.1) is 0 Å². The zero-order valence-corrected chi connectivity index (χ0v) is 14.0. The SMILES string of the molecule is CCC(Cl)[O][Zr]([Cl])([Cl])([Cl])[O]C(Cl)CC. The number of rotatable bonds is 6. The molecule has 2 atom stereocenters. The molecule has 0 aliphatic heterocycles. The summed E-state index contributed by atoms with van der Waals surface area (Å²) < 4.78 is 10.2. The molecule has 0 saturated carbocycles. The van der Waals surface area contributed by atoms with Gasteiger partial charge in [0.25, 0.3) is 0 Å². The number of hydrogen-bond acceptors (Lipinski definition) is 2. The molecule has 0 aromatic rings. The Morgan fingerprint density at radius 2 is 1.21 bits per heavy atom. The summed E-state index contributed by atoms with van der Waals surface area (Å²) in [4.78, 5) is 0. The van der Waals surface area contributed by atoms with Gasteiger partial charge in [-0.25, -0.2) is 0 Å². The van der Waals surface area contributed by atoms with Gasteiger partial charge in [-0.05, 0) is 0 Å². The van der Waals surface area contributed by atoms with Gasteiger partial charge in [0.05, 0.1) is 0 Å². The Morgan fingerprint density at radius 1 is 0.929 bits per heavy atom. The van der Waals surface area contributed by atoms with Crippen LogP contribution < -0.4 is 0 Å². The Kier molecular flexibility index (Phi) is 7.26. The van der Waals surface area contributed by atoms with Crippen LogP contribution in [0.5, 0.6) is 0 Å². The van der Waals surface area contributed by atoms with Gasteiger partial charge in [-0.1, -0.05) is 0 Å². The van der Waals surface area contributed by atoms with E-state index in [1.807, 2.05) is 13.8 Å². The maximum atomic E-state index is 5.87. The summed E-state index contributed by atoms with van der Waals surface area (Å²) in [5.41, 5.74) is -1.32.